The molecule has 0 unspecified atom stereocenters. The number of anilines is 1. The number of benzene rings is 1. The SMILES string of the molecule is C#CC1(N(COC(=O)C(C)C)C(=O)C(=O)c2c(C)c(C(=O)Nc3ccc(F)c(C#N)c3)n(C)c2C)COC1. The first-order chi connectivity index (χ1) is 17.9. The minimum absolute atomic E-state index is 0.00734. The molecule has 198 valence electrons. The minimum Gasteiger partial charge on any atom is -0.444 e. The molecular formula is C27H27FN4O6. The van der Waals surface area contributed by atoms with Crippen molar-refractivity contribution >= 4 is 29.3 Å². The highest BCUT2D eigenvalue weighted by molar-refractivity contribution is 6.43. The molecule has 2 heterocycles. The van der Waals surface area contributed by atoms with Crippen molar-refractivity contribution in [1.82, 2.24) is 9.47 Å². The number of amides is 2. The van der Waals surface area contributed by atoms with Gasteiger partial charge < -0.3 is 19.4 Å². The number of terminal acetylenes is 1. The van der Waals surface area contributed by atoms with Crippen LogP contribution in [0.15, 0.2) is 18.2 Å². The highest BCUT2D eigenvalue weighted by Gasteiger charge is 2.48. The number of carbonyl (C=O) groups excluding carboxylic acids is 4. The maximum atomic E-state index is 13.7. The Morgan fingerprint density at radius 1 is 1.29 bits per heavy atom. The van der Waals surface area contributed by atoms with Crippen LogP contribution in [0.3, 0.4) is 0 Å². The van der Waals surface area contributed by atoms with Gasteiger partial charge in [-0.2, -0.15) is 5.26 Å². The summed E-state index contributed by atoms with van der Waals surface area (Å²) in [5.74, 6) is -1.88. The van der Waals surface area contributed by atoms with Crippen LogP contribution in [-0.4, -0.2) is 58.5 Å². The molecule has 0 spiro atoms. The number of hydrogen-bond acceptors (Lipinski definition) is 7. The van der Waals surface area contributed by atoms with Crippen molar-refractivity contribution < 1.29 is 33.0 Å². The molecule has 1 N–H and O–H groups in total. The molecular weight excluding hydrogens is 495 g/mol. The van der Waals surface area contributed by atoms with E-state index >= 15 is 0 Å². The molecule has 3 rings (SSSR count). The van der Waals surface area contributed by atoms with Crippen LogP contribution in [-0.2, 0) is 26.1 Å². The number of aromatic nitrogens is 1. The molecule has 0 radical (unpaired) electrons. The van der Waals surface area contributed by atoms with Crippen LogP contribution in [0.1, 0.15) is 51.5 Å². The smallest absolute Gasteiger partial charge is 0.310 e. The van der Waals surface area contributed by atoms with Gasteiger partial charge in [-0.15, -0.1) is 6.42 Å². The summed E-state index contributed by atoms with van der Waals surface area (Å²) in [5.41, 5.74) is -0.699. The fourth-order valence-corrected chi connectivity index (χ4v) is 4.03. The molecule has 1 aromatic heterocycles. The molecule has 1 aliphatic rings. The Morgan fingerprint density at radius 2 is 1.95 bits per heavy atom. The lowest BCUT2D eigenvalue weighted by Gasteiger charge is -2.44. The van der Waals surface area contributed by atoms with E-state index in [0.717, 1.165) is 11.0 Å². The first-order valence-corrected chi connectivity index (χ1v) is 11.6. The maximum Gasteiger partial charge on any atom is 0.310 e. The molecule has 11 heteroatoms. The summed E-state index contributed by atoms with van der Waals surface area (Å²) in [7, 11) is 1.55. The predicted molar refractivity (Wildman–Crippen MR) is 133 cm³/mol. The van der Waals surface area contributed by atoms with Gasteiger partial charge in [0.05, 0.1) is 30.3 Å². The molecule has 38 heavy (non-hydrogen) atoms. The van der Waals surface area contributed by atoms with E-state index in [-0.39, 0.29) is 41.3 Å². The lowest BCUT2D eigenvalue weighted by molar-refractivity contribution is -0.174. The molecule has 1 aliphatic heterocycles. The average Bonchev–Trinajstić information content (AvgIpc) is 3.08. The molecule has 0 atom stereocenters. The van der Waals surface area contributed by atoms with Crippen LogP contribution in [0.25, 0.3) is 0 Å². The van der Waals surface area contributed by atoms with Gasteiger partial charge in [-0.1, -0.05) is 19.8 Å². The van der Waals surface area contributed by atoms with Crippen molar-refractivity contribution in [3.8, 4) is 18.4 Å². The molecule has 2 amide bonds. The van der Waals surface area contributed by atoms with Gasteiger partial charge in [0.25, 0.3) is 17.6 Å². The van der Waals surface area contributed by atoms with Crippen LogP contribution < -0.4 is 5.32 Å². The van der Waals surface area contributed by atoms with E-state index in [2.05, 4.69) is 11.2 Å². The zero-order chi connectivity index (χ0) is 28.4. The fourth-order valence-electron chi connectivity index (χ4n) is 4.03. The predicted octanol–water partition coefficient (Wildman–Crippen LogP) is 2.48. The van der Waals surface area contributed by atoms with Crippen molar-refractivity contribution in [3.63, 3.8) is 0 Å². The highest BCUT2D eigenvalue weighted by atomic mass is 19.1. The Balaban J connectivity index is 1.94. The number of nitrogens with zero attached hydrogens (tertiary/aromatic N) is 3. The van der Waals surface area contributed by atoms with E-state index in [9.17, 15) is 23.6 Å². The van der Waals surface area contributed by atoms with E-state index in [1.54, 1.807) is 33.9 Å². The minimum atomic E-state index is -1.26. The van der Waals surface area contributed by atoms with Gasteiger partial charge >= 0.3 is 5.97 Å². The summed E-state index contributed by atoms with van der Waals surface area (Å²) in [6.07, 6.45) is 5.67. The normalized spacial score (nSPS) is 13.6. The number of Topliss-reactive ketones (excluding diaryl/α,β-unsaturated/α-hetero) is 1. The Kier molecular flexibility index (Phi) is 8.04. The average molecular weight is 523 g/mol. The van der Waals surface area contributed by atoms with E-state index < -0.39 is 47.6 Å². The third kappa shape index (κ3) is 5.01. The van der Waals surface area contributed by atoms with Gasteiger partial charge in [0.1, 0.15) is 17.6 Å². The van der Waals surface area contributed by atoms with Crippen molar-refractivity contribution in [2.75, 3.05) is 25.3 Å². The van der Waals surface area contributed by atoms with Crippen molar-refractivity contribution in [3.05, 3.63) is 52.1 Å². The number of ketones is 1. The number of halogens is 1. The fraction of sp³-hybridized carbons (Fsp3) is 0.370. The second-order valence-corrected chi connectivity index (χ2v) is 9.23. The summed E-state index contributed by atoms with van der Waals surface area (Å²) >= 11 is 0. The monoisotopic (exact) mass is 522 g/mol. The zero-order valence-electron chi connectivity index (χ0n) is 21.7. The molecule has 1 aromatic carbocycles. The Labute approximate surface area is 219 Å². The van der Waals surface area contributed by atoms with Crippen LogP contribution in [0.5, 0.6) is 0 Å². The van der Waals surface area contributed by atoms with E-state index in [1.165, 1.54) is 23.6 Å². The topological polar surface area (TPSA) is 131 Å². The number of carbonyl (C=O) groups is 4. The number of rotatable bonds is 8. The molecule has 10 nitrogen and oxygen atoms in total. The molecule has 1 saturated heterocycles. The summed E-state index contributed by atoms with van der Waals surface area (Å²) in [6.45, 7) is 5.72. The van der Waals surface area contributed by atoms with Crippen molar-refractivity contribution in [1.29, 1.82) is 5.26 Å². The van der Waals surface area contributed by atoms with Crippen molar-refractivity contribution in [2.45, 2.75) is 33.2 Å². The Hall–Kier alpha value is -4.48. The van der Waals surface area contributed by atoms with Crippen LogP contribution in [0, 0.1) is 49.3 Å². The third-order valence-corrected chi connectivity index (χ3v) is 6.43. The Morgan fingerprint density at radius 3 is 2.47 bits per heavy atom. The second-order valence-electron chi connectivity index (χ2n) is 9.23. The van der Waals surface area contributed by atoms with Gasteiger partial charge in [0, 0.05) is 18.4 Å². The number of hydrogen-bond donors (Lipinski definition) is 1. The first kappa shape index (κ1) is 28.1. The van der Waals surface area contributed by atoms with Crippen LogP contribution in [0.2, 0.25) is 0 Å². The van der Waals surface area contributed by atoms with E-state index in [1.807, 2.05) is 0 Å². The standard InChI is InChI=1S/C27H27FN4O6/c1-7-27(12-37-13-27)32(14-38-26(36)15(2)3)25(35)23(33)21-16(4)22(31(6)17(21)5)24(34)30-19-8-9-20(28)18(10-19)11-29/h1,8-10,15H,12-14H2,2-6H3,(H,30,34). The summed E-state index contributed by atoms with van der Waals surface area (Å²) in [5, 5.41) is 11.6. The van der Waals surface area contributed by atoms with E-state index in [4.69, 9.17) is 21.2 Å². The highest BCUT2D eigenvalue weighted by Crippen LogP contribution is 2.28. The van der Waals surface area contributed by atoms with Crippen LogP contribution in [0.4, 0.5) is 10.1 Å². The molecule has 0 bridgehead atoms. The lowest BCUT2D eigenvalue weighted by atomic mass is 9.94. The van der Waals surface area contributed by atoms with E-state index in [0.29, 0.717) is 5.69 Å². The van der Waals surface area contributed by atoms with Gasteiger partial charge in [-0.05, 0) is 37.6 Å². The number of nitriles is 1. The summed E-state index contributed by atoms with van der Waals surface area (Å²) < 4.78 is 25.5. The van der Waals surface area contributed by atoms with Gasteiger partial charge in [0.15, 0.2) is 12.3 Å². The van der Waals surface area contributed by atoms with Gasteiger partial charge in [0.2, 0.25) is 0 Å². The molecule has 1 fully saturated rings. The first-order valence-electron chi connectivity index (χ1n) is 11.6. The quantitative estimate of drug-likeness (QED) is 0.185. The third-order valence-electron chi connectivity index (χ3n) is 6.43. The largest absolute Gasteiger partial charge is 0.444 e. The summed E-state index contributed by atoms with van der Waals surface area (Å²) in [4.78, 5) is 53.2. The number of ether oxygens (including phenoxy) is 2. The zero-order valence-corrected chi connectivity index (χ0v) is 21.7. The Bertz CT molecular complexity index is 1410. The number of esters is 1. The molecule has 0 aliphatic carbocycles. The number of nitrogens with one attached hydrogen (secondary N) is 1. The second kappa shape index (κ2) is 10.9. The maximum absolute atomic E-state index is 13.7. The lowest BCUT2D eigenvalue weighted by Crippen LogP contribution is -2.65. The van der Waals surface area contributed by atoms with Crippen LogP contribution >= 0.6 is 0 Å². The summed E-state index contributed by atoms with van der Waals surface area (Å²) in [6, 6.07) is 5.23. The van der Waals surface area contributed by atoms with Gasteiger partial charge in [-0.25, -0.2) is 4.39 Å². The van der Waals surface area contributed by atoms with Crippen molar-refractivity contribution in [2.24, 2.45) is 13.0 Å². The van der Waals surface area contributed by atoms with Gasteiger partial charge in [-0.3, -0.25) is 24.1 Å². The molecule has 0 saturated carbocycles. The molecule has 2 aromatic rings.